The maximum Gasteiger partial charge on any atom is 0.0834 e. The molecule has 106 valence electrons. The number of hydrogen-bond acceptors (Lipinski definition) is 2. The Kier molecular flexibility index (Phi) is 5.41. The lowest BCUT2D eigenvalue weighted by Gasteiger charge is -2.37. The van der Waals surface area contributed by atoms with E-state index in [1.165, 1.54) is 37.7 Å². The van der Waals surface area contributed by atoms with E-state index in [1.807, 2.05) is 7.11 Å². The maximum atomic E-state index is 5.97. The van der Waals surface area contributed by atoms with Gasteiger partial charge in [-0.1, -0.05) is 50.1 Å². The van der Waals surface area contributed by atoms with Crippen molar-refractivity contribution in [2.45, 2.75) is 57.1 Å². The third-order valence-electron chi connectivity index (χ3n) is 4.41. The molecule has 0 saturated heterocycles. The molecule has 0 radical (unpaired) electrons. The third kappa shape index (κ3) is 3.58. The number of rotatable bonds is 7. The van der Waals surface area contributed by atoms with Crippen molar-refractivity contribution in [3.63, 3.8) is 0 Å². The number of benzene rings is 1. The van der Waals surface area contributed by atoms with Gasteiger partial charge in [-0.15, -0.1) is 0 Å². The van der Waals surface area contributed by atoms with Crippen LogP contribution in [0.15, 0.2) is 30.3 Å². The number of hydrogen-bond donors (Lipinski definition) is 1. The van der Waals surface area contributed by atoms with Gasteiger partial charge in [0, 0.05) is 13.2 Å². The molecule has 1 fully saturated rings. The molecule has 0 aromatic heterocycles. The normalized spacial score (nSPS) is 19.5. The van der Waals surface area contributed by atoms with Crippen molar-refractivity contribution in [2.75, 3.05) is 13.7 Å². The van der Waals surface area contributed by atoms with Crippen molar-refractivity contribution in [3.05, 3.63) is 35.9 Å². The summed E-state index contributed by atoms with van der Waals surface area (Å²) >= 11 is 0. The van der Waals surface area contributed by atoms with E-state index >= 15 is 0 Å². The molecule has 0 spiro atoms. The van der Waals surface area contributed by atoms with E-state index in [2.05, 4.69) is 42.6 Å². The molecule has 2 rings (SSSR count). The predicted molar refractivity (Wildman–Crippen MR) is 80.4 cm³/mol. The fourth-order valence-electron chi connectivity index (χ4n) is 3.28. The summed E-state index contributed by atoms with van der Waals surface area (Å²) in [5.41, 5.74) is 1.45. The van der Waals surface area contributed by atoms with Crippen LogP contribution in [0.2, 0.25) is 0 Å². The van der Waals surface area contributed by atoms with Crippen LogP contribution in [-0.2, 0) is 11.2 Å². The zero-order valence-electron chi connectivity index (χ0n) is 12.3. The maximum absolute atomic E-state index is 5.97. The van der Waals surface area contributed by atoms with Crippen molar-refractivity contribution >= 4 is 0 Å². The zero-order valence-corrected chi connectivity index (χ0v) is 12.3. The molecule has 1 atom stereocenters. The SMILES string of the molecule is CCCNC(Cc1ccccc1)C1(OC)CCCC1. The fraction of sp³-hybridized carbons (Fsp3) is 0.647. The van der Waals surface area contributed by atoms with Crippen LogP contribution in [0.1, 0.15) is 44.6 Å². The quantitative estimate of drug-likeness (QED) is 0.810. The fourth-order valence-corrected chi connectivity index (χ4v) is 3.28. The Labute approximate surface area is 117 Å². The Morgan fingerprint density at radius 1 is 1.21 bits per heavy atom. The number of ether oxygens (including phenoxy) is 1. The highest BCUT2D eigenvalue weighted by atomic mass is 16.5. The molecule has 1 aliphatic carbocycles. The molecule has 1 saturated carbocycles. The highest BCUT2D eigenvalue weighted by molar-refractivity contribution is 5.17. The summed E-state index contributed by atoms with van der Waals surface area (Å²) in [5.74, 6) is 0. The van der Waals surface area contributed by atoms with Gasteiger partial charge in [0.1, 0.15) is 0 Å². The summed E-state index contributed by atoms with van der Waals surface area (Å²) in [7, 11) is 1.89. The summed E-state index contributed by atoms with van der Waals surface area (Å²) in [5, 5.41) is 3.73. The minimum Gasteiger partial charge on any atom is -0.377 e. The molecule has 1 unspecified atom stereocenters. The first-order valence-corrected chi connectivity index (χ1v) is 7.63. The lowest BCUT2D eigenvalue weighted by molar-refractivity contribution is -0.0354. The van der Waals surface area contributed by atoms with Gasteiger partial charge in [-0.25, -0.2) is 0 Å². The first-order valence-electron chi connectivity index (χ1n) is 7.63. The molecular formula is C17H27NO. The molecular weight excluding hydrogens is 234 g/mol. The van der Waals surface area contributed by atoms with Crippen molar-refractivity contribution < 1.29 is 4.74 Å². The van der Waals surface area contributed by atoms with Gasteiger partial charge in [0.05, 0.1) is 5.60 Å². The van der Waals surface area contributed by atoms with Gasteiger partial charge in [0.2, 0.25) is 0 Å². The van der Waals surface area contributed by atoms with Crippen LogP contribution in [0.5, 0.6) is 0 Å². The van der Waals surface area contributed by atoms with E-state index in [0.717, 1.165) is 13.0 Å². The molecule has 1 aliphatic rings. The molecule has 1 aromatic rings. The molecule has 2 nitrogen and oxygen atoms in total. The Hall–Kier alpha value is -0.860. The molecule has 0 aliphatic heterocycles. The van der Waals surface area contributed by atoms with E-state index < -0.39 is 0 Å². The highest BCUT2D eigenvalue weighted by Crippen LogP contribution is 2.36. The zero-order chi connectivity index (χ0) is 13.6. The van der Waals surface area contributed by atoms with E-state index in [0.29, 0.717) is 6.04 Å². The summed E-state index contributed by atoms with van der Waals surface area (Å²) in [6, 6.07) is 11.2. The molecule has 0 heterocycles. The highest BCUT2D eigenvalue weighted by Gasteiger charge is 2.41. The van der Waals surface area contributed by atoms with Crippen LogP contribution in [-0.4, -0.2) is 25.3 Å². The number of nitrogens with one attached hydrogen (secondary N) is 1. The predicted octanol–water partition coefficient (Wildman–Crippen LogP) is 3.56. The van der Waals surface area contributed by atoms with Gasteiger partial charge >= 0.3 is 0 Å². The van der Waals surface area contributed by atoms with E-state index in [4.69, 9.17) is 4.74 Å². The van der Waals surface area contributed by atoms with Crippen LogP contribution < -0.4 is 5.32 Å². The summed E-state index contributed by atoms with van der Waals surface area (Å²) in [6.07, 6.45) is 7.22. The van der Waals surface area contributed by atoms with Gasteiger partial charge in [-0.05, 0) is 37.8 Å². The van der Waals surface area contributed by atoms with Crippen LogP contribution in [0.4, 0.5) is 0 Å². The lowest BCUT2D eigenvalue weighted by Crippen LogP contribution is -2.52. The van der Waals surface area contributed by atoms with Crippen LogP contribution in [0.25, 0.3) is 0 Å². The van der Waals surface area contributed by atoms with E-state index in [1.54, 1.807) is 0 Å². The van der Waals surface area contributed by atoms with Crippen molar-refractivity contribution in [2.24, 2.45) is 0 Å². The van der Waals surface area contributed by atoms with Crippen molar-refractivity contribution in [3.8, 4) is 0 Å². The minimum absolute atomic E-state index is 0.0466. The van der Waals surface area contributed by atoms with Crippen molar-refractivity contribution in [1.29, 1.82) is 0 Å². The topological polar surface area (TPSA) is 21.3 Å². The second-order valence-corrected chi connectivity index (χ2v) is 5.67. The van der Waals surface area contributed by atoms with E-state index in [-0.39, 0.29) is 5.60 Å². The second kappa shape index (κ2) is 7.06. The van der Waals surface area contributed by atoms with E-state index in [9.17, 15) is 0 Å². The Bertz CT molecular complexity index is 357. The molecule has 2 heteroatoms. The molecule has 0 amide bonds. The number of methoxy groups -OCH3 is 1. The first kappa shape index (κ1) is 14.5. The second-order valence-electron chi connectivity index (χ2n) is 5.67. The molecule has 19 heavy (non-hydrogen) atoms. The standard InChI is InChI=1S/C17H27NO/c1-3-13-18-16(14-15-9-5-4-6-10-15)17(19-2)11-7-8-12-17/h4-6,9-10,16,18H,3,7-8,11-14H2,1-2H3. The lowest BCUT2D eigenvalue weighted by atomic mass is 9.87. The van der Waals surface area contributed by atoms with Crippen LogP contribution in [0, 0.1) is 0 Å². The monoisotopic (exact) mass is 261 g/mol. The average molecular weight is 261 g/mol. The Morgan fingerprint density at radius 3 is 2.47 bits per heavy atom. The van der Waals surface area contributed by atoms with Gasteiger partial charge in [0.15, 0.2) is 0 Å². The van der Waals surface area contributed by atoms with Crippen LogP contribution >= 0.6 is 0 Å². The van der Waals surface area contributed by atoms with Gasteiger partial charge < -0.3 is 10.1 Å². The minimum atomic E-state index is 0.0466. The molecule has 1 aromatic carbocycles. The van der Waals surface area contributed by atoms with Gasteiger partial charge in [0.25, 0.3) is 0 Å². The van der Waals surface area contributed by atoms with Gasteiger partial charge in [-0.3, -0.25) is 0 Å². The van der Waals surface area contributed by atoms with Gasteiger partial charge in [-0.2, -0.15) is 0 Å². The summed E-state index contributed by atoms with van der Waals surface area (Å²) in [6.45, 7) is 3.29. The largest absolute Gasteiger partial charge is 0.377 e. The molecule has 1 N–H and O–H groups in total. The van der Waals surface area contributed by atoms with Crippen LogP contribution in [0.3, 0.4) is 0 Å². The third-order valence-corrected chi connectivity index (χ3v) is 4.41. The summed E-state index contributed by atoms with van der Waals surface area (Å²) in [4.78, 5) is 0. The smallest absolute Gasteiger partial charge is 0.0834 e. The Morgan fingerprint density at radius 2 is 1.89 bits per heavy atom. The average Bonchev–Trinajstić information content (AvgIpc) is 2.94. The Balaban J connectivity index is 2.10. The van der Waals surface area contributed by atoms with Crippen molar-refractivity contribution in [1.82, 2.24) is 5.32 Å². The summed E-state index contributed by atoms with van der Waals surface area (Å²) < 4.78 is 5.97. The first-order chi connectivity index (χ1) is 9.30. The molecule has 0 bridgehead atoms.